The smallest absolute Gasteiger partial charge is 0.231 e. The highest BCUT2D eigenvalue weighted by Gasteiger charge is 2.21. The molecule has 1 aromatic carbocycles. The second-order valence-corrected chi connectivity index (χ2v) is 9.41. The highest BCUT2D eigenvalue weighted by atomic mass is 16.7. The summed E-state index contributed by atoms with van der Waals surface area (Å²) in [5, 5.41) is 6.83. The molecule has 0 bridgehead atoms. The van der Waals surface area contributed by atoms with Crippen LogP contribution in [-0.2, 0) is 22.6 Å². The van der Waals surface area contributed by atoms with Crippen molar-refractivity contribution in [2.45, 2.75) is 25.9 Å². The van der Waals surface area contributed by atoms with Crippen LogP contribution in [0, 0.1) is 0 Å². The van der Waals surface area contributed by atoms with Crippen molar-refractivity contribution >= 4 is 28.8 Å². The molecule has 2 N–H and O–H groups in total. The predicted octanol–water partition coefficient (Wildman–Crippen LogP) is 1.53. The van der Waals surface area contributed by atoms with Gasteiger partial charge >= 0.3 is 0 Å². The summed E-state index contributed by atoms with van der Waals surface area (Å²) in [7, 11) is 0. The summed E-state index contributed by atoms with van der Waals surface area (Å²) in [6.07, 6.45) is 3.35. The van der Waals surface area contributed by atoms with E-state index in [2.05, 4.69) is 20.5 Å². The van der Waals surface area contributed by atoms with Crippen molar-refractivity contribution in [3.8, 4) is 11.5 Å². The lowest BCUT2D eigenvalue weighted by Gasteiger charge is -2.26. The average molecular weight is 509 g/mol. The van der Waals surface area contributed by atoms with Gasteiger partial charge in [0.05, 0.1) is 19.5 Å². The Hall–Kier alpha value is -3.64. The SMILES string of the molecule is O=C1CCCN1CCn1cnc2c(NCCN3CCOCC3)nc(NCc3ccc4c(c3)OCO4)nc21. The Kier molecular flexibility index (Phi) is 6.91. The number of amides is 1. The van der Waals surface area contributed by atoms with Crippen molar-refractivity contribution in [1.82, 2.24) is 29.3 Å². The summed E-state index contributed by atoms with van der Waals surface area (Å²) in [6, 6.07) is 5.88. The van der Waals surface area contributed by atoms with Gasteiger partial charge in [0.15, 0.2) is 28.5 Å². The zero-order valence-corrected chi connectivity index (χ0v) is 20.8. The summed E-state index contributed by atoms with van der Waals surface area (Å²) in [5.74, 6) is 2.93. The highest BCUT2D eigenvalue weighted by molar-refractivity contribution is 5.84. The molecule has 3 aliphatic rings. The molecule has 0 unspecified atom stereocenters. The van der Waals surface area contributed by atoms with Gasteiger partial charge in [0.1, 0.15) is 0 Å². The van der Waals surface area contributed by atoms with Gasteiger partial charge in [-0.25, -0.2) is 4.98 Å². The molecule has 6 rings (SSSR count). The van der Waals surface area contributed by atoms with Crippen molar-refractivity contribution < 1.29 is 19.0 Å². The first kappa shape index (κ1) is 23.7. The number of nitrogens with zero attached hydrogens (tertiary/aromatic N) is 6. The lowest BCUT2D eigenvalue weighted by Crippen LogP contribution is -2.39. The molecular formula is C25H32N8O4. The maximum atomic E-state index is 12.1. The third kappa shape index (κ3) is 5.39. The van der Waals surface area contributed by atoms with Crippen molar-refractivity contribution in [2.75, 3.05) is 69.9 Å². The molecule has 3 aliphatic heterocycles. The van der Waals surface area contributed by atoms with Gasteiger partial charge in [-0.05, 0) is 24.1 Å². The summed E-state index contributed by atoms with van der Waals surface area (Å²) < 4.78 is 18.4. The summed E-state index contributed by atoms with van der Waals surface area (Å²) in [4.78, 5) is 30.5. The first-order chi connectivity index (χ1) is 18.2. The van der Waals surface area contributed by atoms with Crippen LogP contribution in [0.15, 0.2) is 24.5 Å². The van der Waals surface area contributed by atoms with Crippen molar-refractivity contribution in [3.63, 3.8) is 0 Å². The van der Waals surface area contributed by atoms with Gasteiger partial charge in [0, 0.05) is 58.8 Å². The number of hydrogen-bond donors (Lipinski definition) is 2. The van der Waals surface area contributed by atoms with E-state index in [4.69, 9.17) is 24.2 Å². The molecule has 0 saturated carbocycles. The fraction of sp³-hybridized carbons (Fsp3) is 0.520. The number of fused-ring (bicyclic) bond motifs is 2. The van der Waals surface area contributed by atoms with Gasteiger partial charge in [-0.3, -0.25) is 9.69 Å². The van der Waals surface area contributed by atoms with Crippen LogP contribution in [0.2, 0.25) is 0 Å². The van der Waals surface area contributed by atoms with Crippen LogP contribution in [-0.4, -0.2) is 94.5 Å². The zero-order chi connectivity index (χ0) is 25.0. The second-order valence-electron chi connectivity index (χ2n) is 9.41. The van der Waals surface area contributed by atoms with Crippen LogP contribution in [0.4, 0.5) is 11.8 Å². The number of anilines is 2. The summed E-state index contributed by atoms with van der Waals surface area (Å²) >= 11 is 0. The van der Waals surface area contributed by atoms with Crippen LogP contribution in [0.3, 0.4) is 0 Å². The number of likely N-dealkylation sites (tertiary alicyclic amines) is 1. The van der Waals surface area contributed by atoms with Crippen molar-refractivity contribution in [1.29, 1.82) is 0 Å². The number of hydrogen-bond acceptors (Lipinski definition) is 10. The van der Waals surface area contributed by atoms with E-state index in [1.807, 2.05) is 27.7 Å². The number of carbonyl (C=O) groups excluding carboxylic acids is 1. The standard InChI is InChI=1S/C25H32N8O4/c34-21-2-1-6-32(21)8-9-33-16-28-22-23(26-5-7-31-10-12-35-13-11-31)29-25(30-24(22)33)27-15-18-3-4-19-20(14-18)37-17-36-19/h3-4,14,16H,1-2,5-13,15,17H2,(H2,26,27,29,30). The maximum absolute atomic E-state index is 12.1. The quantitative estimate of drug-likeness (QED) is 0.417. The van der Waals surface area contributed by atoms with Gasteiger partial charge < -0.3 is 34.3 Å². The summed E-state index contributed by atoms with van der Waals surface area (Å²) in [6.45, 7) is 7.93. The van der Waals surface area contributed by atoms with E-state index in [0.29, 0.717) is 37.8 Å². The number of ether oxygens (including phenoxy) is 3. The largest absolute Gasteiger partial charge is 0.454 e. The van der Waals surface area contributed by atoms with Gasteiger partial charge in [-0.1, -0.05) is 6.07 Å². The monoisotopic (exact) mass is 508 g/mol. The number of imidazole rings is 1. The Labute approximate surface area is 214 Å². The fourth-order valence-corrected chi connectivity index (χ4v) is 4.87. The predicted molar refractivity (Wildman–Crippen MR) is 137 cm³/mol. The van der Waals surface area contributed by atoms with Gasteiger partial charge in [-0.2, -0.15) is 9.97 Å². The Morgan fingerprint density at radius 2 is 1.86 bits per heavy atom. The van der Waals surface area contributed by atoms with Crippen molar-refractivity contribution in [2.24, 2.45) is 0 Å². The van der Waals surface area contributed by atoms with Crippen LogP contribution in [0.25, 0.3) is 11.2 Å². The van der Waals surface area contributed by atoms with E-state index < -0.39 is 0 Å². The molecule has 0 spiro atoms. The Bertz CT molecular complexity index is 1260. The molecular weight excluding hydrogens is 476 g/mol. The van der Waals surface area contributed by atoms with Gasteiger partial charge in [0.2, 0.25) is 18.6 Å². The molecule has 2 fully saturated rings. The molecule has 37 heavy (non-hydrogen) atoms. The molecule has 196 valence electrons. The molecule has 5 heterocycles. The number of nitrogens with one attached hydrogen (secondary N) is 2. The zero-order valence-electron chi connectivity index (χ0n) is 20.8. The van der Waals surface area contributed by atoms with E-state index in [0.717, 1.165) is 80.6 Å². The molecule has 12 nitrogen and oxygen atoms in total. The first-order valence-corrected chi connectivity index (χ1v) is 12.9. The van der Waals surface area contributed by atoms with Crippen LogP contribution >= 0.6 is 0 Å². The van der Waals surface area contributed by atoms with Crippen molar-refractivity contribution in [3.05, 3.63) is 30.1 Å². The number of rotatable bonds is 10. The molecule has 0 aliphatic carbocycles. The Balaban J connectivity index is 1.19. The lowest BCUT2D eigenvalue weighted by molar-refractivity contribution is -0.127. The Morgan fingerprint density at radius 3 is 2.73 bits per heavy atom. The number of carbonyl (C=O) groups is 1. The van der Waals surface area contributed by atoms with E-state index in [1.54, 1.807) is 6.33 Å². The highest BCUT2D eigenvalue weighted by Crippen LogP contribution is 2.32. The number of benzene rings is 1. The minimum atomic E-state index is 0.218. The topological polar surface area (TPSA) is 119 Å². The van der Waals surface area contributed by atoms with E-state index >= 15 is 0 Å². The third-order valence-corrected chi connectivity index (χ3v) is 6.96. The number of morpholine rings is 1. The van der Waals surface area contributed by atoms with E-state index in [9.17, 15) is 4.79 Å². The Morgan fingerprint density at radius 1 is 0.973 bits per heavy atom. The number of aromatic nitrogens is 4. The molecule has 1 amide bonds. The second kappa shape index (κ2) is 10.8. The van der Waals surface area contributed by atoms with Crippen LogP contribution in [0.5, 0.6) is 11.5 Å². The minimum Gasteiger partial charge on any atom is -0.454 e. The fourth-order valence-electron chi connectivity index (χ4n) is 4.87. The molecule has 0 atom stereocenters. The first-order valence-electron chi connectivity index (χ1n) is 12.9. The summed E-state index contributed by atoms with van der Waals surface area (Å²) in [5.41, 5.74) is 2.50. The minimum absolute atomic E-state index is 0.218. The van der Waals surface area contributed by atoms with E-state index in [1.165, 1.54) is 0 Å². The third-order valence-electron chi connectivity index (χ3n) is 6.96. The van der Waals surface area contributed by atoms with Crippen LogP contribution in [0.1, 0.15) is 18.4 Å². The normalized spacial score (nSPS) is 17.6. The molecule has 2 saturated heterocycles. The van der Waals surface area contributed by atoms with Crippen LogP contribution < -0.4 is 20.1 Å². The average Bonchev–Trinajstić information content (AvgIpc) is 3.66. The lowest BCUT2D eigenvalue weighted by atomic mass is 10.2. The molecule has 12 heteroatoms. The van der Waals surface area contributed by atoms with Gasteiger partial charge in [0.25, 0.3) is 0 Å². The molecule has 3 aromatic rings. The maximum Gasteiger partial charge on any atom is 0.231 e. The molecule has 2 aromatic heterocycles. The molecule has 0 radical (unpaired) electrons. The van der Waals surface area contributed by atoms with E-state index in [-0.39, 0.29) is 12.7 Å². The van der Waals surface area contributed by atoms with Gasteiger partial charge in [-0.15, -0.1) is 0 Å².